The van der Waals surface area contributed by atoms with Crippen LogP contribution in [0.3, 0.4) is 0 Å². The van der Waals surface area contributed by atoms with Crippen LogP contribution in [0.25, 0.3) is 11.4 Å². The molecule has 8 heteroatoms. The van der Waals surface area contributed by atoms with E-state index in [9.17, 15) is 4.79 Å². The number of anilines is 1. The second-order valence-electron chi connectivity index (χ2n) is 5.76. The number of aromatic nitrogens is 3. The van der Waals surface area contributed by atoms with Gasteiger partial charge in [-0.3, -0.25) is 4.79 Å². The molecule has 1 aromatic carbocycles. The van der Waals surface area contributed by atoms with Gasteiger partial charge < -0.3 is 14.3 Å². The number of nitrogens with one attached hydrogen (secondary N) is 1. The summed E-state index contributed by atoms with van der Waals surface area (Å²) in [5.41, 5.74) is 2.55. The molecule has 0 fully saturated rings. The van der Waals surface area contributed by atoms with E-state index in [-0.39, 0.29) is 11.7 Å². The highest BCUT2D eigenvalue weighted by Gasteiger charge is 2.17. The van der Waals surface area contributed by atoms with E-state index >= 15 is 0 Å². The molecule has 6 nitrogen and oxygen atoms in total. The molecule has 1 amide bonds. The fourth-order valence-corrected chi connectivity index (χ4v) is 3.62. The third kappa shape index (κ3) is 3.94. The van der Waals surface area contributed by atoms with E-state index in [1.807, 2.05) is 43.5 Å². The number of thioether (sulfide) groups is 1. The van der Waals surface area contributed by atoms with Gasteiger partial charge in [-0.05, 0) is 44.5 Å². The van der Waals surface area contributed by atoms with Gasteiger partial charge in [-0.15, -0.1) is 10.2 Å². The standard InChI is InChI=1S/C18H19ClN4O2S/c1-4-23-17(13-7-8-25-12(13)3)21-22-18(23)26-10-16(24)20-15-6-5-11(2)9-14(15)19/h5-9H,4,10H2,1-3H3,(H,20,24). The van der Waals surface area contributed by atoms with E-state index in [0.717, 1.165) is 22.7 Å². The highest BCUT2D eigenvalue weighted by atomic mass is 35.5. The van der Waals surface area contributed by atoms with Crippen molar-refractivity contribution in [2.75, 3.05) is 11.1 Å². The Hall–Kier alpha value is -2.25. The van der Waals surface area contributed by atoms with Crippen molar-refractivity contribution in [2.24, 2.45) is 0 Å². The van der Waals surface area contributed by atoms with Crippen molar-refractivity contribution in [1.29, 1.82) is 0 Å². The molecule has 0 atom stereocenters. The lowest BCUT2D eigenvalue weighted by atomic mass is 10.2. The van der Waals surface area contributed by atoms with Gasteiger partial charge in [0.2, 0.25) is 5.91 Å². The van der Waals surface area contributed by atoms with Crippen LogP contribution < -0.4 is 5.32 Å². The Labute approximate surface area is 160 Å². The number of carbonyl (C=O) groups excluding carboxylic acids is 1. The first kappa shape index (κ1) is 18.5. The van der Waals surface area contributed by atoms with Crippen LogP contribution in [0.15, 0.2) is 40.1 Å². The zero-order chi connectivity index (χ0) is 18.7. The lowest BCUT2D eigenvalue weighted by Gasteiger charge is -2.09. The average Bonchev–Trinajstić information content (AvgIpc) is 3.20. The molecule has 0 spiro atoms. The molecule has 0 saturated carbocycles. The summed E-state index contributed by atoms with van der Waals surface area (Å²) < 4.78 is 7.31. The van der Waals surface area contributed by atoms with Gasteiger partial charge in [0.25, 0.3) is 0 Å². The van der Waals surface area contributed by atoms with Gasteiger partial charge in [-0.1, -0.05) is 29.4 Å². The van der Waals surface area contributed by atoms with Crippen molar-refractivity contribution in [1.82, 2.24) is 14.8 Å². The van der Waals surface area contributed by atoms with Gasteiger partial charge in [0.15, 0.2) is 11.0 Å². The molecule has 0 aliphatic heterocycles. The Morgan fingerprint density at radius 3 is 2.77 bits per heavy atom. The first-order valence-electron chi connectivity index (χ1n) is 8.16. The van der Waals surface area contributed by atoms with Crippen molar-refractivity contribution in [3.8, 4) is 11.4 Å². The zero-order valence-corrected chi connectivity index (χ0v) is 16.3. The molecule has 136 valence electrons. The van der Waals surface area contributed by atoms with Crippen LogP contribution in [0, 0.1) is 13.8 Å². The van der Waals surface area contributed by atoms with Crippen LogP contribution in [0.4, 0.5) is 5.69 Å². The largest absolute Gasteiger partial charge is 0.469 e. The first-order chi connectivity index (χ1) is 12.5. The Morgan fingerprint density at radius 1 is 1.31 bits per heavy atom. The van der Waals surface area contributed by atoms with Gasteiger partial charge in [0.1, 0.15) is 5.76 Å². The number of nitrogens with zero attached hydrogens (tertiary/aromatic N) is 3. The van der Waals surface area contributed by atoms with E-state index in [2.05, 4.69) is 15.5 Å². The minimum absolute atomic E-state index is 0.146. The second kappa shape index (κ2) is 7.97. The number of hydrogen-bond donors (Lipinski definition) is 1. The predicted molar refractivity (Wildman–Crippen MR) is 104 cm³/mol. The highest BCUT2D eigenvalue weighted by Crippen LogP contribution is 2.27. The van der Waals surface area contributed by atoms with E-state index in [1.54, 1.807) is 12.3 Å². The maximum Gasteiger partial charge on any atom is 0.234 e. The van der Waals surface area contributed by atoms with E-state index in [1.165, 1.54) is 11.8 Å². The van der Waals surface area contributed by atoms with Gasteiger partial charge in [-0.25, -0.2) is 0 Å². The predicted octanol–water partition coefficient (Wildman–Crippen LogP) is 4.56. The number of aryl methyl sites for hydroxylation is 2. The molecule has 3 aromatic rings. The van der Waals surface area contributed by atoms with Crippen molar-refractivity contribution >= 4 is 35.0 Å². The van der Waals surface area contributed by atoms with Gasteiger partial charge in [0, 0.05) is 6.54 Å². The van der Waals surface area contributed by atoms with Crippen LogP contribution in [0.2, 0.25) is 5.02 Å². The molecule has 0 radical (unpaired) electrons. The number of rotatable bonds is 6. The summed E-state index contributed by atoms with van der Waals surface area (Å²) in [5.74, 6) is 1.60. The molecule has 2 heterocycles. The number of hydrogen-bond acceptors (Lipinski definition) is 5. The van der Waals surface area contributed by atoms with Crippen molar-refractivity contribution in [2.45, 2.75) is 32.5 Å². The maximum atomic E-state index is 12.2. The van der Waals surface area contributed by atoms with Gasteiger partial charge in [0.05, 0.1) is 28.3 Å². The number of benzene rings is 1. The molecular weight excluding hydrogens is 372 g/mol. The number of furan rings is 1. The molecule has 0 bridgehead atoms. The third-order valence-electron chi connectivity index (χ3n) is 3.86. The fourth-order valence-electron chi connectivity index (χ4n) is 2.53. The van der Waals surface area contributed by atoms with Crippen LogP contribution in [-0.4, -0.2) is 26.4 Å². The minimum atomic E-state index is -0.146. The highest BCUT2D eigenvalue weighted by molar-refractivity contribution is 7.99. The van der Waals surface area contributed by atoms with E-state index < -0.39 is 0 Å². The molecule has 0 saturated heterocycles. The topological polar surface area (TPSA) is 73.0 Å². The summed E-state index contributed by atoms with van der Waals surface area (Å²) in [6, 6.07) is 7.39. The molecule has 2 aromatic heterocycles. The maximum absolute atomic E-state index is 12.2. The van der Waals surface area contributed by atoms with Gasteiger partial charge >= 0.3 is 0 Å². The average molecular weight is 391 g/mol. The normalized spacial score (nSPS) is 10.9. The quantitative estimate of drug-likeness (QED) is 0.624. The summed E-state index contributed by atoms with van der Waals surface area (Å²) in [7, 11) is 0. The van der Waals surface area contributed by atoms with E-state index in [0.29, 0.717) is 22.4 Å². The molecule has 3 rings (SSSR count). The Bertz CT molecular complexity index is 935. The van der Waals surface area contributed by atoms with Crippen LogP contribution in [0.1, 0.15) is 18.2 Å². The lowest BCUT2D eigenvalue weighted by Crippen LogP contribution is -2.15. The summed E-state index contributed by atoms with van der Waals surface area (Å²) in [4.78, 5) is 12.2. The summed E-state index contributed by atoms with van der Waals surface area (Å²) in [5, 5.41) is 12.5. The van der Waals surface area contributed by atoms with Crippen molar-refractivity contribution in [3.05, 3.63) is 46.9 Å². The van der Waals surface area contributed by atoms with Gasteiger partial charge in [-0.2, -0.15) is 0 Å². The molecule has 1 N–H and O–H groups in total. The Kier molecular flexibility index (Phi) is 5.68. The SMILES string of the molecule is CCn1c(SCC(=O)Nc2ccc(C)cc2Cl)nnc1-c1ccoc1C. The molecule has 26 heavy (non-hydrogen) atoms. The van der Waals surface area contributed by atoms with Crippen molar-refractivity contribution in [3.63, 3.8) is 0 Å². The Morgan fingerprint density at radius 2 is 2.12 bits per heavy atom. The third-order valence-corrected chi connectivity index (χ3v) is 5.14. The van der Waals surface area contributed by atoms with Crippen LogP contribution in [0.5, 0.6) is 0 Å². The van der Waals surface area contributed by atoms with Crippen LogP contribution in [-0.2, 0) is 11.3 Å². The summed E-state index contributed by atoms with van der Waals surface area (Å²) in [6.07, 6.45) is 1.63. The second-order valence-corrected chi connectivity index (χ2v) is 7.11. The number of halogens is 1. The van der Waals surface area contributed by atoms with Crippen molar-refractivity contribution < 1.29 is 9.21 Å². The lowest BCUT2D eigenvalue weighted by molar-refractivity contribution is -0.113. The fraction of sp³-hybridized carbons (Fsp3) is 0.278. The molecular formula is C18H19ClN4O2S. The monoisotopic (exact) mass is 390 g/mol. The summed E-state index contributed by atoms with van der Waals surface area (Å²) in [6.45, 7) is 6.54. The summed E-state index contributed by atoms with van der Waals surface area (Å²) >= 11 is 7.49. The molecule has 0 unspecified atom stereocenters. The first-order valence-corrected chi connectivity index (χ1v) is 9.52. The Balaban J connectivity index is 1.69. The van der Waals surface area contributed by atoms with E-state index in [4.69, 9.17) is 16.0 Å². The zero-order valence-electron chi connectivity index (χ0n) is 14.7. The number of amides is 1. The number of carbonyl (C=O) groups is 1. The van der Waals surface area contributed by atoms with Crippen LogP contribution >= 0.6 is 23.4 Å². The molecule has 0 aliphatic rings. The smallest absolute Gasteiger partial charge is 0.234 e. The molecule has 0 aliphatic carbocycles. The minimum Gasteiger partial charge on any atom is -0.469 e.